The first-order valence-corrected chi connectivity index (χ1v) is 11.5. The molecule has 2 heterocycles. The zero-order valence-electron chi connectivity index (χ0n) is 14.9. The van der Waals surface area contributed by atoms with Crippen molar-refractivity contribution in [2.45, 2.75) is 49.6 Å². The van der Waals surface area contributed by atoms with Gasteiger partial charge in [0.2, 0.25) is 0 Å². The van der Waals surface area contributed by atoms with Crippen molar-refractivity contribution in [2.75, 3.05) is 4.31 Å². The van der Waals surface area contributed by atoms with Crippen LogP contribution in [0.5, 0.6) is 0 Å². The van der Waals surface area contributed by atoms with Crippen molar-refractivity contribution >= 4 is 27.0 Å². The molecule has 0 N–H and O–H groups in total. The molecule has 6 nitrogen and oxygen atoms in total. The molecule has 0 amide bonds. The lowest BCUT2D eigenvalue weighted by Crippen LogP contribution is -2.41. The van der Waals surface area contributed by atoms with Crippen LogP contribution in [0.25, 0.3) is 0 Å². The third-order valence-electron chi connectivity index (χ3n) is 4.98. The minimum atomic E-state index is -3.68. The second-order valence-electron chi connectivity index (χ2n) is 6.78. The summed E-state index contributed by atoms with van der Waals surface area (Å²) in [6.07, 6.45) is 8.18. The van der Waals surface area contributed by atoms with Gasteiger partial charge >= 0.3 is 0 Å². The number of aromatic nitrogens is 3. The molecule has 1 aliphatic rings. The molecule has 1 saturated carbocycles. The van der Waals surface area contributed by atoms with Gasteiger partial charge in [-0.05, 0) is 35.9 Å². The van der Waals surface area contributed by atoms with Crippen LogP contribution < -0.4 is 4.31 Å². The number of hydrogen-bond donors (Lipinski definition) is 0. The van der Waals surface area contributed by atoms with Gasteiger partial charge < -0.3 is 0 Å². The first kappa shape index (κ1) is 18.2. The van der Waals surface area contributed by atoms with E-state index in [4.69, 9.17) is 0 Å². The molecule has 1 fully saturated rings. The number of benzene rings is 1. The van der Waals surface area contributed by atoms with Gasteiger partial charge in [0, 0.05) is 11.4 Å². The van der Waals surface area contributed by atoms with Crippen molar-refractivity contribution in [3.8, 4) is 0 Å². The topological polar surface area (TPSA) is 68.1 Å². The molecule has 4 rings (SSSR count). The van der Waals surface area contributed by atoms with E-state index in [1.54, 1.807) is 27.4 Å². The fourth-order valence-corrected chi connectivity index (χ4v) is 6.34. The lowest BCUT2D eigenvalue weighted by Gasteiger charge is -2.35. The van der Waals surface area contributed by atoms with Crippen LogP contribution in [0, 0.1) is 0 Å². The number of rotatable bonds is 6. The molecular formula is C19H22N4O2S2. The number of hydrogen-bond acceptors (Lipinski definition) is 5. The van der Waals surface area contributed by atoms with Gasteiger partial charge in [-0.3, -0.25) is 4.31 Å². The lowest BCUT2D eigenvalue weighted by atomic mass is 9.95. The summed E-state index contributed by atoms with van der Waals surface area (Å²) < 4.78 is 30.8. The van der Waals surface area contributed by atoms with Crippen LogP contribution in [-0.4, -0.2) is 29.2 Å². The highest BCUT2D eigenvalue weighted by atomic mass is 32.2. The van der Waals surface area contributed by atoms with Gasteiger partial charge in [-0.1, -0.05) is 37.5 Å². The van der Waals surface area contributed by atoms with Crippen molar-refractivity contribution in [1.82, 2.24) is 14.8 Å². The average molecular weight is 403 g/mol. The predicted molar refractivity (Wildman–Crippen MR) is 106 cm³/mol. The Balaban J connectivity index is 1.76. The van der Waals surface area contributed by atoms with Crippen molar-refractivity contribution in [3.63, 3.8) is 0 Å². The maximum atomic E-state index is 13.8. The van der Waals surface area contributed by atoms with Gasteiger partial charge in [0.25, 0.3) is 10.0 Å². The van der Waals surface area contributed by atoms with Gasteiger partial charge in [-0.2, -0.15) is 16.4 Å². The summed E-state index contributed by atoms with van der Waals surface area (Å²) in [5.74, 6) is 0. The van der Waals surface area contributed by atoms with E-state index in [-0.39, 0.29) is 6.04 Å². The third-order valence-corrected chi connectivity index (χ3v) is 7.63. The minimum absolute atomic E-state index is 0.0118. The number of sulfonamides is 1. The Morgan fingerprint density at radius 1 is 1.15 bits per heavy atom. The van der Waals surface area contributed by atoms with E-state index in [2.05, 4.69) is 10.1 Å². The van der Waals surface area contributed by atoms with E-state index in [1.165, 1.54) is 24.1 Å². The zero-order chi connectivity index (χ0) is 18.7. The molecule has 27 heavy (non-hydrogen) atoms. The molecule has 0 aliphatic heterocycles. The van der Waals surface area contributed by atoms with Crippen LogP contribution >= 0.6 is 11.3 Å². The van der Waals surface area contributed by atoms with Crippen LogP contribution in [-0.2, 0) is 16.6 Å². The summed E-state index contributed by atoms with van der Waals surface area (Å²) in [6, 6.07) is 9.10. The SMILES string of the molecule is O=S(=O)(c1ccccc1Cn1cncn1)N(c1ccsc1)C1CCCCC1. The first-order chi connectivity index (χ1) is 13.2. The van der Waals surface area contributed by atoms with Crippen LogP contribution in [0.15, 0.2) is 58.6 Å². The van der Waals surface area contributed by atoms with E-state index < -0.39 is 10.0 Å². The molecular weight excluding hydrogens is 380 g/mol. The Morgan fingerprint density at radius 2 is 1.96 bits per heavy atom. The third kappa shape index (κ3) is 3.77. The van der Waals surface area contributed by atoms with E-state index >= 15 is 0 Å². The Labute approximate surface area is 163 Å². The minimum Gasteiger partial charge on any atom is -0.262 e. The molecule has 142 valence electrons. The van der Waals surface area contributed by atoms with Crippen molar-refractivity contribution in [1.29, 1.82) is 0 Å². The Bertz CT molecular complexity index is 963. The van der Waals surface area contributed by atoms with Gasteiger partial charge in [-0.15, -0.1) is 0 Å². The molecule has 2 aromatic heterocycles. The largest absolute Gasteiger partial charge is 0.264 e. The fourth-order valence-electron chi connectivity index (χ4n) is 3.73. The van der Waals surface area contributed by atoms with Gasteiger partial charge in [0.05, 0.1) is 17.1 Å². The van der Waals surface area contributed by atoms with Gasteiger partial charge in [0.15, 0.2) is 0 Å². The van der Waals surface area contributed by atoms with E-state index in [0.717, 1.165) is 36.9 Å². The fraction of sp³-hybridized carbons (Fsp3) is 0.368. The van der Waals surface area contributed by atoms with Gasteiger partial charge in [0.1, 0.15) is 12.7 Å². The zero-order valence-corrected chi connectivity index (χ0v) is 16.6. The number of nitrogens with zero attached hydrogens (tertiary/aromatic N) is 4. The Hall–Kier alpha value is -2.19. The monoisotopic (exact) mass is 402 g/mol. The summed E-state index contributed by atoms with van der Waals surface area (Å²) in [7, 11) is -3.68. The highest BCUT2D eigenvalue weighted by Gasteiger charge is 2.34. The van der Waals surface area contributed by atoms with Crippen LogP contribution in [0.3, 0.4) is 0 Å². The molecule has 1 aromatic carbocycles. The van der Waals surface area contributed by atoms with Crippen molar-refractivity contribution in [2.24, 2.45) is 0 Å². The quantitative estimate of drug-likeness (QED) is 0.627. The standard InChI is InChI=1S/C19H22N4O2S2/c24-27(25,19-9-5-4-6-16(19)12-22-15-20-14-21-22)23(18-10-11-26-13-18)17-7-2-1-3-8-17/h4-6,9-11,13-15,17H,1-3,7-8,12H2. The molecule has 0 unspecified atom stereocenters. The summed E-state index contributed by atoms with van der Waals surface area (Å²) in [5, 5.41) is 7.97. The number of anilines is 1. The van der Waals surface area contributed by atoms with E-state index in [1.807, 2.05) is 29.0 Å². The highest BCUT2D eigenvalue weighted by Crippen LogP contribution is 2.34. The van der Waals surface area contributed by atoms with Crippen LogP contribution in [0.4, 0.5) is 5.69 Å². The molecule has 0 saturated heterocycles. The molecule has 1 aliphatic carbocycles. The highest BCUT2D eigenvalue weighted by molar-refractivity contribution is 7.93. The first-order valence-electron chi connectivity index (χ1n) is 9.13. The summed E-state index contributed by atoms with van der Waals surface area (Å²) in [4.78, 5) is 4.30. The van der Waals surface area contributed by atoms with Crippen molar-refractivity contribution < 1.29 is 8.42 Å². The molecule has 0 radical (unpaired) electrons. The maximum Gasteiger partial charge on any atom is 0.264 e. The second-order valence-corrected chi connectivity index (χ2v) is 9.34. The predicted octanol–water partition coefficient (Wildman–Crippen LogP) is 3.92. The molecule has 0 bridgehead atoms. The summed E-state index contributed by atoms with van der Waals surface area (Å²) in [5.41, 5.74) is 1.49. The summed E-state index contributed by atoms with van der Waals surface area (Å²) in [6.45, 7) is 0.373. The second kappa shape index (κ2) is 7.82. The number of thiophene rings is 1. The van der Waals surface area contributed by atoms with Gasteiger partial charge in [-0.25, -0.2) is 18.1 Å². The Morgan fingerprint density at radius 3 is 2.67 bits per heavy atom. The lowest BCUT2D eigenvalue weighted by molar-refractivity contribution is 0.438. The van der Waals surface area contributed by atoms with Crippen LogP contribution in [0.1, 0.15) is 37.7 Å². The molecule has 3 aromatic rings. The van der Waals surface area contributed by atoms with E-state index in [0.29, 0.717) is 11.4 Å². The molecule has 0 atom stereocenters. The summed E-state index contributed by atoms with van der Waals surface area (Å²) >= 11 is 1.52. The normalized spacial score (nSPS) is 15.7. The van der Waals surface area contributed by atoms with E-state index in [9.17, 15) is 8.42 Å². The average Bonchev–Trinajstić information content (AvgIpc) is 3.37. The molecule has 8 heteroatoms. The van der Waals surface area contributed by atoms with Crippen LogP contribution in [0.2, 0.25) is 0 Å². The maximum absolute atomic E-state index is 13.8. The Kier molecular flexibility index (Phi) is 5.27. The smallest absolute Gasteiger partial charge is 0.262 e. The van der Waals surface area contributed by atoms with Crippen molar-refractivity contribution in [3.05, 3.63) is 59.3 Å². The molecule has 0 spiro atoms.